The van der Waals surface area contributed by atoms with Crippen molar-refractivity contribution < 1.29 is 14.3 Å². The molecule has 1 unspecified atom stereocenters. The van der Waals surface area contributed by atoms with Crippen molar-refractivity contribution in [3.63, 3.8) is 0 Å². The van der Waals surface area contributed by atoms with Gasteiger partial charge in [0.25, 0.3) is 0 Å². The topological polar surface area (TPSA) is 79.4 Å². The van der Waals surface area contributed by atoms with Crippen LogP contribution in [0.5, 0.6) is 0 Å². The molecule has 2 N–H and O–H groups in total. The van der Waals surface area contributed by atoms with Crippen LogP contribution in [-0.4, -0.2) is 34.1 Å². The molecule has 1 fully saturated rings. The lowest BCUT2D eigenvalue weighted by Crippen LogP contribution is -2.23. The average molecular weight is 267 g/mol. The molecule has 1 aliphatic rings. The summed E-state index contributed by atoms with van der Waals surface area (Å²) >= 11 is 0. The van der Waals surface area contributed by atoms with Gasteiger partial charge in [0.05, 0.1) is 30.5 Å². The summed E-state index contributed by atoms with van der Waals surface area (Å²) in [5.74, 6) is -0.480. The number of carbonyl (C=O) groups excluding carboxylic acids is 1. The minimum absolute atomic E-state index is 0.0761. The van der Waals surface area contributed by atoms with Crippen molar-refractivity contribution >= 4 is 11.7 Å². The van der Waals surface area contributed by atoms with E-state index < -0.39 is 5.97 Å². The van der Waals surface area contributed by atoms with E-state index in [1.807, 2.05) is 0 Å². The first-order valence-electron chi connectivity index (χ1n) is 6.59. The van der Waals surface area contributed by atoms with Crippen molar-refractivity contribution in [1.29, 1.82) is 0 Å². The van der Waals surface area contributed by atoms with Gasteiger partial charge >= 0.3 is 5.97 Å². The lowest BCUT2D eigenvalue weighted by atomic mass is 10.1. The fourth-order valence-electron chi connectivity index (χ4n) is 2.30. The lowest BCUT2D eigenvalue weighted by molar-refractivity contribution is -0.0230. The number of anilines is 1. The molecule has 0 spiro atoms. The van der Waals surface area contributed by atoms with Crippen molar-refractivity contribution in [2.45, 2.75) is 51.9 Å². The monoisotopic (exact) mass is 267 g/mol. The number of nitrogen functional groups attached to an aromatic ring is 1. The Hall–Kier alpha value is -1.56. The Balaban J connectivity index is 2.02. The van der Waals surface area contributed by atoms with Gasteiger partial charge in [-0.1, -0.05) is 0 Å². The molecule has 0 aliphatic carbocycles. The zero-order chi connectivity index (χ0) is 14.0. The van der Waals surface area contributed by atoms with E-state index >= 15 is 0 Å². The smallest absolute Gasteiger partial charge is 0.361 e. The van der Waals surface area contributed by atoms with Gasteiger partial charge in [0.15, 0.2) is 5.69 Å². The number of hydrogen-bond acceptors (Lipinski definition) is 5. The van der Waals surface area contributed by atoms with E-state index in [1.54, 1.807) is 17.8 Å². The largest absolute Gasteiger partial charge is 0.461 e. The second-order valence-electron chi connectivity index (χ2n) is 5.41. The number of rotatable bonds is 4. The van der Waals surface area contributed by atoms with Crippen molar-refractivity contribution in [3.05, 3.63) is 11.9 Å². The minimum Gasteiger partial charge on any atom is -0.461 e. The third kappa shape index (κ3) is 3.26. The summed E-state index contributed by atoms with van der Waals surface area (Å²) < 4.78 is 12.5. The van der Waals surface area contributed by atoms with Crippen LogP contribution in [-0.2, 0) is 16.0 Å². The van der Waals surface area contributed by atoms with E-state index in [0.29, 0.717) is 18.8 Å². The van der Waals surface area contributed by atoms with Crippen LogP contribution in [0.3, 0.4) is 0 Å². The second kappa shape index (κ2) is 5.21. The highest BCUT2D eigenvalue weighted by molar-refractivity contribution is 5.92. The molecule has 1 aromatic heterocycles. The summed E-state index contributed by atoms with van der Waals surface area (Å²) in [6.07, 6.45) is 3.78. The molecule has 1 atom stereocenters. The molecular weight excluding hydrogens is 246 g/mol. The fraction of sp³-hybridized carbons (Fsp3) is 0.692. The number of aromatic nitrogens is 2. The first-order chi connectivity index (χ1) is 8.91. The third-order valence-corrected chi connectivity index (χ3v) is 3.20. The SMILES string of the molecule is CCOC(=O)c1nn(CC2CCC(C)(C)O2)cc1N. The molecule has 0 radical (unpaired) electrons. The van der Waals surface area contributed by atoms with E-state index in [2.05, 4.69) is 18.9 Å². The van der Waals surface area contributed by atoms with E-state index in [0.717, 1.165) is 12.8 Å². The molecule has 0 saturated carbocycles. The Bertz CT molecular complexity index is 468. The number of nitrogens with two attached hydrogens (primary N) is 1. The fourth-order valence-corrected chi connectivity index (χ4v) is 2.30. The Morgan fingerprint density at radius 1 is 1.68 bits per heavy atom. The van der Waals surface area contributed by atoms with Crippen LogP contribution >= 0.6 is 0 Å². The van der Waals surface area contributed by atoms with E-state index in [-0.39, 0.29) is 17.4 Å². The van der Waals surface area contributed by atoms with Crippen LogP contribution in [0.25, 0.3) is 0 Å². The van der Waals surface area contributed by atoms with Gasteiger partial charge < -0.3 is 15.2 Å². The van der Waals surface area contributed by atoms with Crippen LogP contribution in [0.1, 0.15) is 44.1 Å². The third-order valence-electron chi connectivity index (χ3n) is 3.20. The minimum atomic E-state index is -0.480. The van der Waals surface area contributed by atoms with Gasteiger partial charge in [0.1, 0.15) is 0 Å². The molecule has 0 aromatic carbocycles. The van der Waals surface area contributed by atoms with Gasteiger partial charge in [0, 0.05) is 6.20 Å². The molecule has 1 aliphatic heterocycles. The Morgan fingerprint density at radius 2 is 2.42 bits per heavy atom. The number of esters is 1. The number of nitrogens with zero attached hydrogens (tertiary/aromatic N) is 2. The summed E-state index contributed by atoms with van der Waals surface area (Å²) in [6.45, 7) is 6.82. The molecule has 0 amide bonds. The van der Waals surface area contributed by atoms with Crippen molar-refractivity contribution in [1.82, 2.24) is 9.78 Å². The molecule has 19 heavy (non-hydrogen) atoms. The van der Waals surface area contributed by atoms with E-state index in [4.69, 9.17) is 15.2 Å². The highest BCUT2D eigenvalue weighted by Crippen LogP contribution is 2.30. The summed E-state index contributed by atoms with van der Waals surface area (Å²) in [5.41, 5.74) is 6.22. The molecule has 1 saturated heterocycles. The highest BCUT2D eigenvalue weighted by atomic mass is 16.5. The van der Waals surface area contributed by atoms with Crippen LogP contribution in [0.2, 0.25) is 0 Å². The maximum atomic E-state index is 11.6. The van der Waals surface area contributed by atoms with Crippen LogP contribution in [0.15, 0.2) is 6.20 Å². The van der Waals surface area contributed by atoms with Gasteiger partial charge in [-0.3, -0.25) is 4.68 Å². The zero-order valence-electron chi connectivity index (χ0n) is 11.7. The molecule has 1 aromatic rings. The first-order valence-corrected chi connectivity index (χ1v) is 6.59. The standard InChI is InChI=1S/C13H21N3O3/c1-4-18-12(17)11-10(14)8-16(15-11)7-9-5-6-13(2,3)19-9/h8-9H,4-7,14H2,1-3H3. The number of carbonyl (C=O) groups is 1. The quantitative estimate of drug-likeness (QED) is 0.838. The zero-order valence-corrected chi connectivity index (χ0v) is 11.7. The summed E-state index contributed by atoms with van der Waals surface area (Å²) in [5, 5.41) is 4.18. The average Bonchev–Trinajstić information content (AvgIpc) is 2.83. The number of hydrogen-bond donors (Lipinski definition) is 1. The Morgan fingerprint density at radius 3 is 3.00 bits per heavy atom. The van der Waals surface area contributed by atoms with Gasteiger partial charge in [-0.05, 0) is 33.6 Å². The summed E-state index contributed by atoms with van der Waals surface area (Å²) in [7, 11) is 0. The van der Waals surface area contributed by atoms with Crippen molar-refractivity contribution in [3.8, 4) is 0 Å². The molecule has 6 nitrogen and oxygen atoms in total. The summed E-state index contributed by atoms with van der Waals surface area (Å²) in [6, 6.07) is 0. The maximum absolute atomic E-state index is 11.6. The Kier molecular flexibility index (Phi) is 3.80. The highest BCUT2D eigenvalue weighted by Gasteiger charge is 2.32. The van der Waals surface area contributed by atoms with Gasteiger partial charge in [-0.15, -0.1) is 0 Å². The van der Waals surface area contributed by atoms with E-state index in [9.17, 15) is 4.79 Å². The molecule has 106 valence electrons. The van der Waals surface area contributed by atoms with E-state index in [1.165, 1.54) is 0 Å². The van der Waals surface area contributed by atoms with Crippen LogP contribution in [0.4, 0.5) is 5.69 Å². The molecule has 2 rings (SSSR count). The van der Waals surface area contributed by atoms with Crippen molar-refractivity contribution in [2.24, 2.45) is 0 Å². The molecular formula is C13H21N3O3. The molecule has 0 bridgehead atoms. The van der Waals surface area contributed by atoms with Gasteiger partial charge in [-0.25, -0.2) is 4.79 Å². The predicted molar refractivity (Wildman–Crippen MR) is 70.8 cm³/mol. The second-order valence-corrected chi connectivity index (χ2v) is 5.41. The Labute approximate surface area is 112 Å². The number of ether oxygens (including phenoxy) is 2. The van der Waals surface area contributed by atoms with Gasteiger partial charge in [-0.2, -0.15) is 5.10 Å². The maximum Gasteiger partial charge on any atom is 0.361 e. The van der Waals surface area contributed by atoms with Crippen LogP contribution < -0.4 is 5.73 Å². The van der Waals surface area contributed by atoms with Crippen LogP contribution in [0, 0.1) is 0 Å². The molecule has 6 heteroatoms. The predicted octanol–water partition coefficient (Wildman–Crippen LogP) is 1.60. The normalized spacial score (nSPS) is 21.5. The lowest BCUT2D eigenvalue weighted by Gasteiger charge is -2.19. The molecule has 2 heterocycles. The van der Waals surface area contributed by atoms with Gasteiger partial charge in [0.2, 0.25) is 0 Å². The first kappa shape index (κ1) is 13.9. The summed E-state index contributed by atoms with van der Waals surface area (Å²) in [4.78, 5) is 11.6. The van der Waals surface area contributed by atoms with Crippen molar-refractivity contribution in [2.75, 3.05) is 12.3 Å².